The summed E-state index contributed by atoms with van der Waals surface area (Å²) in [6.07, 6.45) is 6.30. The van der Waals surface area contributed by atoms with Crippen molar-refractivity contribution in [1.29, 1.82) is 0 Å². The van der Waals surface area contributed by atoms with Crippen LogP contribution in [0.4, 0.5) is 0 Å². The van der Waals surface area contributed by atoms with E-state index in [9.17, 15) is 9.59 Å². The maximum absolute atomic E-state index is 13.2. The van der Waals surface area contributed by atoms with Gasteiger partial charge in [-0.3, -0.25) is 9.59 Å². The minimum Gasteiger partial charge on any atom is -0.490 e. The highest BCUT2D eigenvalue weighted by atomic mass is 16.5. The van der Waals surface area contributed by atoms with Crippen LogP contribution < -0.4 is 4.74 Å². The van der Waals surface area contributed by atoms with Crippen molar-refractivity contribution < 1.29 is 19.4 Å². The molecule has 5 nitrogen and oxygen atoms in total. The molecule has 158 valence electrons. The fraction of sp³-hybridized carbons (Fsp3) is 0.667. The highest BCUT2D eigenvalue weighted by Gasteiger charge is 2.51. The highest BCUT2D eigenvalue weighted by molar-refractivity contribution is 5.94. The fourth-order valence-electron chi connectivity index (χ4n) is 6.16. The number of nitrogens with zero attached hydrogens (tertiary/aromatic N) is 1. The molecule has 2 saturated carbocycles. The molecule has 0 radical (unpaired) electrons. The lowest BCUT2D eigenvalue weighted by Gasteiger charge is -2.39. The van der Waals surface area contributed by atoms with Gasteiger partial charge in [0.25, 0.3) is 5.91 Å². The molecule has 1 aromatic carbocycles. The second-order valence-corrected chi connectivity index (χ2v) is 10.6. The summed E-state index contributed by atoms with van der Waals surface area (Å²) in [6.45, 7) is 7.82. The van der Waals surface area contributed by atoms with Crippen LogP contribution in [0, 0.1) is 16.7 Å². The standard InChI is InChI=1S/C24H33NO4/c1-23(2)12-18-13-24(3,14-23)15-25(18)21(26)16-4-8-19(9-5-16)29-20-10-6-17(7-11-20)22(27)28/h4-5,8-9,17-18,20H,6-7,10-15H2,1-3H3,(H,27,28)/t17?,18-,20?,24+/m1/s1. The number of fused-ring (bicyclic) bond motifs is 2. The summed E-state index contributed by atoms with van der Waals surface area (Å²) >= 11 is 0. The van der Waals surface area contributed by atoms with Crippen molar-refractivity contribution in [3.8, 4) is 5.75 Å². The molecule has 0 spiro atoms. The van der Waals surface area contributed by atoms with Gasteiger partial charge in [0.15, 0.2) is 0 Å². The van der Waals surface area contributed by atoms with Crippen molar-refractivity contribution >= 4 is 11.9 Å². The van der Waals surface area contributed by atoms with E-state index in [2.05, 4.69) is 25.7 Å². The molecule has 2 bridgehead atoms. The van der Waals surface area contributed by atoms with E-state index < -0.39 is 5.97 Å². The maximum atomic E-state index is 13.2. The van der Waals surface area contributed by atoms with Gasteiger partial charge in [-0.2, -0.15) is 0 Å². The summed E-state index contributed by atoms with van der Waals surface area (Å²) in [6, 6.07) is 7.85. The van der Waals surface area contributed by atoms with Crippen LogP contribution in [0.3, 0.4) is 0 Å². The minimum atomic E-state index is -0.699. The van der Waals surface area contributed by atoms with Gasteiger partial charge >= 0.3 is 5.97 Å². The SMILES string of the molecule is CC1(C)C[C@@H]2C[C@](C)(CN2C(=O)c2ccc(OC3CCC(C(=O)O)CC3)cc2)C1. The Morgan fingerprint density at radius 3 is 2.31 bits per heavy atom. The molecule has 1 heterocycles. The number of ether oxygens (including phenoxy) is 1. The third-order valence-electron chi connectivity index (χ3n) is 7.10. The van der Waals surface area contributed by atoms with Crippen LogP contribution in [0.2, 0.25) is 0 Å². The number of benzene rings is 1. The summed E-state index contributed by atoms with van der Waals surface area (Å²) < 4.78 is 6.04. The topological polar surface area (TPSA) is 66.8 Å². The van der Waals surface area contributed by atoms with Crippen molar-refractivity contribution in [3.05, 3.63) is 29.8 Å². The Balaban J connectivity index is 1.37. The maximum Gasteiger partial charge on any atom is 0.306 e. The molecule has 4 rings (SSSR count). The Morgan fingerprint density at radius 2 is 1.69 bits per heavy atom. The molecular weight excluding hydrogens is 366 g/mol. The van der Waals surface area contributed by atoms with E-state index in [1.165, 1.54) is 6.42 Å². The number of amides is 1. The normalized spacial score (nSPS) is 33.3. The van der Waals surface area contributed by atoms with Crippen LogP contribution in [-0.2, 0) is 4.79 Å². The Hall–Kier alpha value is -2.04. The molecule has 3 aliphatic rings. The molecule has 0 aromatic heterocycles. The molecule has 2 atom stereocenters. The summed E-state index contributed by atoms with van der Waals surface area (Å²) in [5.41, 5.74) is 1.25. The van der Waals surface area contributed by atoms with Crippen LogP contribution in [-0.4, -0.2) is 40.6 Å². The summed E-state index contributed by atoms with van der Waals surface area (Å²) in [5, 5.41) is 9.11. The second kappa shape index (κ2) is 7.33. The van der Waals surface area contributed by atoms with Crippen LogP contribution in [0.1, 0.15) is 76.1 Å². The van der Waals surface area contributed by atoms with E-state index in [0.29, 0.717) is 24.3 Å². The van der Waals surface area contributed by atoms with E-state index in [-0.39, 0.29) is 23.3 Å². The van der Waals surface area contributed by atoms with Crippen LogP contribution >= 0.6 is 0 Å². The highest BCUT2D eigenvalue weighted by Crippen LogP contribution is 2.52. The molecule has 5 heteroatoms. The van der Waals surface area contributed by atoms with E-state index in [1.807, 2.05) is 24.3 Å². The zero-order valence-electron chi connectivity index (χ0n) is 17.8. The second-order valence-electron chi connectivity index (χ2n) is 10.6. The lowest BCUT2D eigenvalue weighted by Crippen LogP contribution is -2.37. The average molecular weight is 400 g/mol. The smallest absolute Gasteiger partial charge is 0.306 e. The Labute approximate surface area is 173 Å². The van der Waals surface area contributed by atoms with Gasteiger partial charge in [-0.05, 0) is 80.0 Å². The van der Waals surface area contributed by atoms with Crippen LogP contribution in [0.15, 0.2) is 24.3 Å². The quantitative estimate of drug-likeness (QED) is 0.793. The van der Waals surface area contributed by atoms with Crippen molar-refractivity contribution in [2.24, 2.45) is 16.7 Å². The summed E-state index contributed by atoms with van der Waals surface area (Å²) in [7, 11) is 0. The number of likely N-dealkylation sites (tertiary alicyclic amines) is 1. The summed E-state index contributed by atoms with van der Waals surface area (Å²) in [5.74, 6) is -0.0462. The van der Waals surface area contributed by atoms with E-state index >= 15 is 0 Å². The van der Waals surface area contributed by atoms with Crippen molar-refractivity contribution in [1.82, 2.24) is 4.90 Å². The van der Waals surface area contributed by atoms with Gasteiger partial charge in [-0.1, -0.05) is 20.8 Å². The zero-order valence-corrected chi connectivity index (χ0v) is 17.8. The number of carboxylic acid groups (broad SMARTS) is 1. The first-order valence-corrected chi connectivity index (χ1v) is 10.9. The molecule has 2 aliphatic carbocycles. The Bertz CT molecular complexity index is 779. The molecule has 1 aromatic rings. The first-order valence-electron chi connectivity index (χ1n) is 10.9. The molecular formula is C24H33NO4. The number of rotatable bonds is 4. The molecule has 1 aliphatic heterocycles. The van der Waals surface area contributed by atoms with Gasteiger partial charge in [0, 0.05) is 18.2 Å². The zero-order chi connectivity index (χ0) is 20.8. The fourth-order valence-corrected chi connectivity index (χ4v) is 6.16. The number of hydrogen-bond acceptors (Lipinski definition) is 3. The van der Waals surface area contributed by atoms with Gasteiger partial charge in [0.05, 0.1) is 12.0 Å². The van der Waals surface area contributed by atoms with Crippen LogP contribution in [0.25, 0.3) is 0 Å². The number of carbonyl (C=O) groups excluding carboxylic acids is 1. The van der Waals surface area contributed by atoms with Crippen molar-refractivity contribution in [2.45, 2.75) is 77.9 Å². The summed E-state index contributed by atoms with van der Waals surface area (Å²) in [4.78, 5) is 26.3. The van der Waals surface area contributed by atoms with Gasteiger partial charge in [-0.15, -0.1) is 0 Å². The van der Waals surface area contributed by atoms with Crippen molar-refractivity contribution in [2.75, 3.05) is 6.54 Å². The number of hydrogen-bond donors (Lipinski definition) is 1. The van der Waals surface area contributed by atoms with Crippen molar-refractivity contribution in [3.63, 3.8) is 0 Å². The minimum absolute atomic E-state index is 0.0622. The molecule has 1 N–H and O–H groups in total. The van der Waals surface area contributed by atoms with E-state index in [4.69, 9.17) is 9.84 Å². The number of aliphatic carboxylic acids is 1. The number of carbonyl (C=O) groups is 2. The Kier molecular flexibility index (Phi) is 5.12. The first-order chi connectivity index (χ1) is 13.6. The Morgan fingerprint density at radius 1 is 1.03 bits per heavy atom. The molecule has 3 fully saturated rings. The lowest BCUT2D eigenvalue weighted by atomic mass is 9.65. The third-order valence-corrected chi connectivity index (χ3v) is 7.10. The lowest BCUT2D eigenvalue weighted by molar-refractivity contribution is -0.143. The predicted molar refractivity (Wildman–Crippen MR) is 111 cm³/mol. The average Bonchev–Trinajstić information content (AvgIpc) is 2.91. The molecule has 0 unspecified atom stereocenters. The molecule has 1 saturated heterocycles. The van der Waals surface area contributed by atoms with Gasteiger partial charge in [-0.25, -0.2) is 0 Å². The van der Waals surface area contributed by atoms with Gasteiger partial charge < -0.3 is 14.7 Å². The van der Waals surface area contributed by atoms with Gasteiger partial charge in [0.2, 0.25) is 0 Å². The van der Waals surface area contributed by atoms with Gasteiger partial charge in [0.1, 0.15) is 5.75 Å². The molecule has 1 amide bonds. The first kappa shape index (κ1) is 20.2. The monoisotopic (exact) mass is 399 g/mol. The van der Waals surface area contributed by atoms with Crippen LogP contribution in [0.5, 0.6) is 5.75 Å². The third kappa shape index (κ3) is 4.29. The van der Waals surface area contributed by atoms with E-state index in [0.717, 1.165) is 43.5 Å². The largest absolute Gasteiger partial charge is 0.490 e. The molecule has 29 heavy (non-hydrogen) atoms. The van der Waals surface area contributed by atoms with E-state index in [1.54, 1.807) is 0 Å². The predicted octanol–water partition coefficient (Wildman–Crippen LogP) is 4.75. The number of carboxylic acids is 1.